The van der Waals surface area contributed by atoms with Gasteiger partial charge in [0.15, 0.2) is 4.34 Å². The van der Waals surface area contributed by atoms with Crippen LogP contribution in [-0.4, -0.2) is 46.9 Å². The quantitative estimate of drug-likeness (QED) is 0.387. The third-order valence-electron chi connectivity index (χ3n) is 4.41. The largest absolute Gasteiger partial charge is 0.465 e. The lowest BCUT2D eigenvalue weighted by Crippen LogP contribution is -2.28. The number of esters is 1. The molecule has 1 N–H and O–H groups in total. The standard InChI is InChI=1S/C19H22N4O4S2/c1-3-12-5-7-14(8-6-12)23-10-13(9-15(23)24)17(26)20-18-21-22-19(29-18)28-11-16(25)27-4-2/h5-8,13H,3-4,9-11H2,1-2H3,(H,20,21,26). The molecule has 3 rings (SSSR count). The molecule has 1 fully saturated rings. The highest BCUT2D eigenvalue weighted by molar-refractivity contribution is 8.01. The number of carbonyl (C=O) groups excluding carboxylic acids is 3. The summed E-state index contributed by atoms with van der Waals surface area (Å²) in [7, 11) is 0. The number of hydrogen-bond acceptors (Lipinski definition) is 8. The number of nitrogens with one attached hydrogen (secondary N) is 1. The Kier molecular flexibility index (Phi) is 7.21. The van der Waals surface area contributed by atoms with Crippen LogP contribution in [0, 0.1) is 5.92 Å². The van der Waals surface area contributed by atoms with E-state index in [0.717, 1.165) is 12.1 Å². The zero-order chi connectivity index (χ0) is 20.8. The van der Waals surface area contributed by atoms with Crippen LogP contribution in [-0.2, 0) is 25.5 Å². The second kappa shape index (κ2) is 9.84. The average molecular weight is 435 g/mol. The second-order valence-electron chi connectivity index (χ2n) is 6.38. The minimum absolute atomic E-state index is 0.0719. The van der Waals surface area contributed by atoms with Gasteiger partial charge in [-0.05, 0) is 31.0 Å². The van der Waals surface area contributed by atoms with E-state index in [1.807, 2.05) is 24.3 Å². The third kappa shape index (κ3) is 5.54. The van der Waals surface area contributed by atoms with Gasteiger partial charge in [-0.1, -0.05) is 42.2 Å². The van der Waals surface area contributed by atoms with Gasteiger partial charge in [0.2, 0.25) is 16.9 Å². The van der Waals surface area contributed by atoms with E-state index >= 15 is 0 Å². The van der Waals surface area contributed by atoms with Crippen LogP contribution in [0.1, 0.15) is 25.8 Å². The topological polar surface area (TPSA) is 101 Å². The fraction of sp³-hybridized carbons (Fsp3) is 0.421. The van der Waals surface area contributed by atoms with Crippen molar-refractivity contribution in [2.45, 2.75) is 31.0 Å². The van der Waals surface area contributed by atoms with E-state index in [2.05, 4.69) is 22.4 Å². The first kappa shape index (κ1) is 21.3. The van der Waals surface area contributed by atoms with E-state index in [1.165, 1.54) is 28.7 Å². The van der Waals surface area contributed by atoms with Crippen molar-refractivity contribution in [3.05, 3.63) is 29.8 Å². The molecule has 0 aliphatic carbocycles. The molecule has 154 valence electrons. The van der Waals surface area contributed by atoms with Crippen LogP contribution in [0.4, 0.5) is 10.8 Å². The lowest BCUT2D eigenvalue weighted by Gasteiger charge is -2.16. The first-order valence-corrected chi connectivity index (χ1v) is 11.1. The van der Waals surface area contributed by atoms with Gasteiger partial charge in [0.25, 0.3) is 0 Å². The van der Waals surface area contributed by atoms with Gasteiger partial charge in [0.1, 0.15) is 0 Å². The third-order valence-corrected chi connectivity index (χ3v) is 6.35. The van der Waals surface area contributed by atoms with Crippen molar-refractivity contribution < 1.29 is 19.1 Å². The lowest BCUT2D eigenvalue weighted by atomic mass is 10.1. The molecule has 0 bridgehead atoms. The van der Waals surface area contributed by atoms with Crippen LogP contribution in [0.3, 0.4) is 0 Å². The SMILES string of the molecule is CCOC(=O)CSc1nnc(NC(=O)C2CC(=O)N(c3ccc(CC)cc3)C2)s1. The van der Waals surface area contributed by atoms with Gasteiger partial charge in [-0.3, -0.25) is 14.4 Å². The molecule has 0 radical (unpaired) electrons. The van der Waals surface area contributed by atoms with E-state index in [0.29, 0.717) is 22.6 Å². The summed E-state index contributed by atoms with van der Waals surface area (Å²) in [6.45, 7) is 4.48. The summed E-state index contributed by atoms with van der Waals surface area (Å²) in [5.74, 6) is -0.969. The van der Waals surface area contributed by atoms with Crippen molar-refractivity contribution in [1.29, 1.82) is 0 Å². The highest BCUT2D eigenvalue weighted by Gasteiger charge is 2.35. The monoisotopic (exact) mass is 434 g/mol. The first-order valence-electron chi connectivity index (χ1n) is 9.32. The van der Waals surface area contributed by atoms with Crippen molar-refractivity contribution in [2.24, 2.45) is 5.92 Å². The number of aryl methyl sites for hydroxylation is 1. The molecule has 1 atom stereocenters. The lowest BCUT2D eigenvalue weighted by molar-refractivity contribution is -0.139. The number of anilines is 2. The Bertz CT molecular complexity index is 885. The molecule has 1 saturated heterocycles. The minimum atomic E-state index is -0.451. The minimum Gasteiger partial charge on any atom is -0.465 e. The number of hydrogen-bond donors (Lipinski definition) is 1. The molecule has 1 aromatic heterocycles. The molecule has 8 nitrogen and oxygen atoms in total. The van der Waals surface area contributed by atoms with Gasteiger partial charge in [0, 0.05) is 18.7 Å². The van der Waals surface area contributed by atoms with E-state index in [4.69, 9.17) is 4.74 Å². The fourth-order valence-electron chi connectivity index (χ4n) is 2.89. The Morgan fingerprint density at radius 3 is 2.72 bits per heavy atom. The molecular weight excluding hydrogens is 412 g/mol. The number of carbonyl (C=O) groups is 3. The highest BCUT2D eigenvalue weighted by Crippen LogP contribution is 2.29. The van der Waals surface area contributed by atoms with E-state index in [-0.39, 0.29) is 30.0 Å². The van der Waals surface area contributed by atoms with Crippen molar-refractivity contribution in [3.63, 3.8) is 0 Å². The van der Waals surface area contributed by atoms with E-state index < -0.39 is 5.92 Å². The van der Waals surface area contributed by atoms with Crippen LogP contribution >= 0.6 is 23.1 Å². The summed E-state index contributed by atoms with van der Waals surface area (Å²) in [6, 6.07) is 7.81. The van der Waals surface area contributed by atoms with Gasteiger partial charge in [-0.15, -0.1) is 10.2 Å². The van der Waals surface area contributed by atoms with Gasteiger partial charge in [0.05, 0.1) is 18.3 Å². The second-order valence-corrected chi connectivity index (χ2v) is 8.58. The van der Waals surface area contributed by atoms with Crippen LogP contribution in [0.15, 0.2) is 28.6 Å². The zero-order valence-electron chi connectivity index (χ0n) is 16.2. The predicted molar refractivity (Wildman–Crippen MR) is 112 cm³/mol. The Morgan fingerprint density at radius 2 is 2.03 bits per heavy atom. The maximum absolute atomic E-state index is 12.6. The van der Waals surface area contributed by atoms with Crippen molar-refractivity contribution in [3.8, 4) is 0 Å². The van der Waals surface area contributed by atoms with E-state index in [1.54, 1.807) is 11.8 Å². The molecular formula is C19H22N4O4S2. The predicted octanol–water partition coefficient (Wildman–Crippen LogP) is 2.75. The maximum atomic E-state index is 12.6. The molecule has 2 amide bonds. The molecule has 1 aliphatic heterocycles. The van der Waals surface area contributed by atoms with Crippen molar-refractivity contribution >= 4 is 51.7 Å². The maximum Gasteiger partial charge on any atom is 0.316 e. The Balaban J connectivity index is 1.54. The summed E-state index contributed by atoms with van der Waals surface area (Å²) in [4.78, 5) is 38.0. The van der Waals surface area contributed by atoms with Crippen LogP contribution in [0.25, 0.3) is 0 Å². The number of ether oxygens (including phenoxy) is 1. The fourth-order valence-corrected chi connectivity index (χ4v) is 4.45. The summed E-state index contributed by atoms with van der Waals surface area (Å²) in [6.07, 6.45) is 1.09. The highest BCUT2D eigenvalue weighted by atomic mass is 32.2. The number of aromatic nitrogens is 2. The summed E-state index contributed by atoms with van der Waals surface area (Å²) >= 11 is 2.39. The normalized spacial score (nSPS) is 16.1. The smallest absolute Gasteiger partial charge is 0.316 e. The molecule has 29 heavy (non-hydrogen) atoms. The number of nitrogens with zero attached hydrogens (tertiary/aromatic N) is 3. The van der Waals surface area contributed by atoms with Crippen LogP contribution in [0.5, 0.6) is 0 Å². The molecule has 2 heterocycles. The molecule has 10 heteroatoms. The Hall–Kier alpha value is -2.46. The first-order chi connectivity index (χ1) is 14.0. The summed E-state index contributed by atoms with van der Waals surface area (Å²) < 4.78 is 5.43. The number of thioether (sulfide) groups is 1. The number of benzene rings is 1. The molecule has 1 unspecified atom stereocenters. The molecule has 0 saturated carbocycles. The van der Waals surface area contributed by atoms with Crippen LogP contribution in [0.2, 0.25) is 0 Å². The van der Waals surface area contributed by atoms with Gasteiger partial charge >= 0.3 is 5.97 Å². The zero-order valence-corrected chi connectivity index (χ0v) is 17.8. The molecule has 0 spiro atoms. The molecule has 1 aliphatic rings. The summed E-state index contributed by atoms with van der Waals surface area (Å²) in [5.41, 5.74) is 2.00. The van der Waals surface area contributed by atoms with Crippen LogP contribution < -0.4 is 10.2 Å². The number of rotatable bonds is 8. The molecule has 2 aromatic rings. The van der Waals surface area contributed by atoms with Gasteiger partial charge in [-0.25, -0.2) is 0 Å². The molecule has 1 aromatic carbocycles. The summed E-state index contributed by atoms with van der Waals surface area (Å²) in [5, 5.41) is 11.0. The Morgan fingerprint density at radius 1 is 1.28 bits per heavy atom. The van der Waals surface area contributed by atoms with Gasteiger partial charge in [-0.2, -0.15) is 0 Å². The van der Waals surface area contributed by atoms with Crippen molar-refractivity contribution in [1.82, 2.24) is 10.2 Å². The Labute approximate surface area is 177 Å². The average Bonchev–Trinajstić information content (AvgIpc) is 3.33. The van der Waals surface area contributed by atoms with E-state index in [9.17, 15) is 14.4 Å². The van der Waals surface area contributed by atoms with Crippen molar-refractivity contribution in [2.75, 3.05) is 29.1 Å². The van der Waals surface area contributed by atoms with Gasteiger partial charge < -0.3 is 15.0 Å². The number of amides is 2.